The zero-order chi connectivity index (χ0) is 21.7. The van der Waals surface area contributed by atoms with Gasteiger partial charge in [-0.25, -0.2) is 9.48 Å². The van der Waals surface area contributed by atoms with E-state index in [4.69, 9.17) is 15.6 Å². The van der Waals surface area contributed by atoms with Crippen LogP contribution >= 0.6 is 0 Å². The Labute approximate surface area is 168 Å². The summed E-state index contributed by atoms with van der Waals surface area (Å²) in [5.74, 6) is -2.76. The van der Waals surface area contributed by atoms with Gasteiger partial charge in [0.05, 0.1) is 17.4 Å². The van der Waals surface area contributed by atoms with E-state index in [0.29, 0.717) is 6.54 Å². The van der Waals surface area contributed by atoms with Crippen LogP contribution in [0.2, 0.25) is 0 Å². The molecule has 10 heteroatoms. The number of rotatable bonds is 3. The Balaban J connectivity index is 0.000000318. The fourth-order valence-electron chi connectivity index (χ4n) is 2.66. The monoisotopic (exact) mass is 415 g/mol. The number of hydrogen-bond donors (Lipinski definition) is 2. The standard InChI is InChI=1S/C18H15N5.C2HF3O2/c19-11-15-4-1-2-6-18(15)23-12-17(21-22-23)14-7-8-16-13(10-14)5-3-9-20-16;3-2(4,5)1(6)7/h1-10,12H,11,19H2;(H,6,7). The summed E-state index contributed by atoms with van der Waals surface area (Å²) in [6.07, 6.45) is -1.37. The smallest absolute Gasteiger partial charge is 0.475 e. The molecule has 3 N–H and O–H groups in total. The van der Waals surface area contributed by atoms with Gasteiger partial charge in [0.2, 0.25) is 0 Å². The van der Waals surface area contributed by atoms with Gasteiger partial charge >= 0.3 is 12.1 Å². The molecule has 2 aromatic carbocycles. The van der Waals surface area contributed by atoms with Crippen LogP contribution in [0.3, 0.4) is 0 Å². The van der Waals surface area contributed by atoms with Crippen molar-refractivity contribution in [1.29, 1.82) is 0 Å². The number of carboxylic acids is 1. The number of hydrogen-bond acceptors (Lipinski definition) is 5. The summed E-state index contributed by atoms with van der Waals surface area (Å²) >= 11 is 0. The number of aromatic nitrogens is 4. The number of carbonyl (C=O) groups is 1. The Morgan fingerprint density at radius 3 is 2.53 bits per heavy atom. The second-order valence-corrected chi connectivity index (χ2v) is 6.09. The van der Waals surface area contributed by atoms with Gasteiger partial charge in [0, 0.05) is 23.7 Å². The highest BCUT2D eigenvalue weighted by atomic mass is 19.4. The SMILES string of the molecule is NCc1ccccc1-n1cc(-c2ccc3ncccc3c2)nn1.O=C(O)C(F)(F)F. The van der Waals surface area contributed by atoms with Crippen LogP contribution in [0, 0.1) is 0 Å². The van der Waals surface area contributed by atoms with Crippen LogP contribution in [-0.2, 0) is 11.3 Å². The van der Waals surface area contributed by atoms with E-state index >= 15 is 0 Å². The molecule has 0 saturated carbocycles. The number of carboxylic acid groups (broad SMARTS) is 1. The highest BCUT2D eigenvalue weighted by Gasteiger charge is 2.38. The molecule has 2 aromatic heterocycles. The fourth-order valence-corrected chi connectivity index (χ4v) is 2.66. The quantitative estimate of drug-likeness (QED) is 0.530. The molecule has 7 nitrogen and oxygen atoms in total. The largest absolute Gasteiger partial charge is 0.490 e. The maximum Gasteiger partial charge on any atom is 0.490 e. The van der Waals surface area contributed by atoms with Crippen LogP contribution in [0.1, 0.15) is 5.56 Å². The van der Waals surface area contributed by atoms with E-state index in [0.717, 1.165) is 33.4 Å². The Morgan fingerprint density at radius 1 is 1.10 bits per heavy atom. The summed E-state index contributed by atoms with van der Waals surface area (Å²) in [5, 5.41) is 16.8. The van der Waals surface area contributed by atoms with Gasteiger partial charge in [-0.2, -0.15) is 13.2 Å². The summed E-state index contributed by atoms with van der Waals surface area (Å²) < 4.78 is 33.5. The van der Waals surface area contributed by atoms with Crippen LogP contribution in [0.4, 0.5) is 13.2 Å². The van der Waals surface area contributed by atoms with Gasteiger partial charge in [0.25, 0.3) is 0 Å². The molecule has 0 unspecified atom stereocenters. The topological polar surface area (TPSA) is 107 Å². The first-order chi connectivity index (χ1) is 14.3. The van der Waals surface area contributed by atoms with Crippen molar-refractivity contribution in [1.82, 2.24) is 20.0 Å². The Morgan fingerprint density at radius 2 is 1.83 bits per heavy atom. The molecular weight excluding hydrogens is 399 g/mol. The number of nitrogens with two attached hydrogens (primary N) is 1. The van der Waals surface area contributed by atoms with Gasteiger partial charge in [-0.3, -0.25) is 4.98 Å². The molecule has 30 heavy (non-hydrogen) atoms. The predicted octanol–water partition coefficient (Wildman–Crippen LogP) is 3.57. The second-order valence-electron chi connectivity index (χ2n) is 6.09. The molecule has 0 aliphatic carbocycles. The van der Waals surface area contributed by atoms with Gasteiger partial charge in [0.1, 0.15) is 5.69 Å². The third kappa shape index (κ3) is 4.78. The molecule has 4 aromatic rings. The van der Waals surface area contributed by atoms with Gasteiger partial charge in [0.15, 0.2) is 0 Å². The van der Waals surface area contributed by atoms with Gasteiger partial charge < -0.3 is 10.8 Å². The predicted molar refractivity (Wildman–Crippen MR) is 104 cm³/mol. The molecule has 0 spiro atoms. The third-order valence-corrected chi connectivity index (χ3v) is 4.09. The first-order valence-electron chi connectivity index (χ1n) is 8.65. The number of benzene rings is 2. The van der Waals surface area contributed by atoms with E-state index in [1.165, 1.54) is 0 Å². The first-order valence-corrected chi connectivity index (χ1v) is 8.65. The first kappa shape index (κ1) is 20.9. The highest BCUT2D eigenvalue weighted by Crippen LogP contribution is 2.23. The van der Waals surface area contributed by atoms with Crippen LogP contribution < -0.4 is 5.73 Å². The molecule has 0 radical (unpaired) electrons. The zero-order valence-corrected chi connectivity index (χ0v) is 15.4. The number of para-hydroxylation sites is 1. The van der Waals surface area contributed by atoms with Crippen molar-refractivity contribution in [3.63, 3.8) is 0 Å². The van der Waals surface area contributed by atoms with Gasteiger partial charge in [-0.05, 0) is 29.8 Å². The number of halogens is 3. The second kappa shape index (κ2) is 8.70. The lowest BCUT2D eigenvalue weighted by atomic mass is 10.1. The normalized spacial score (nSPS) is 11.1. The van der Waals surface area contributed by atoms with E-state index in [1.807, 2.05) is 54.7 Å². The third-order valence-electron chi connectivity index (χ3n) is 4.09. The van der Waals surface area contributed by atoms with Crippen molar-refractivity contribution in [2.45, 2.75) is 12.7 Å². The molecule has 0 bridgehead atoms. The van der Waals surface area contributed by atoms with Crippen molar-refractivity contribution < 1.29 is 23.1 Å². The van der Waals surface area contributed by atoms with E-state index in [9.17, 15) is 13.2 Å². The number of aliphatic carboxylic acids is 1. The Hall–Kier alpha value is -3.79. The van der Waals surface area contributed by atoms with Crippen LogP contribution in [0.5, 0.6) is 0 Å². The summed E-state index contributed by atoms with van der Waals surface area (Å²) in [5.41, 5.74) is 10.6. The number of fused-ring (bicyclic) bond motifs is 1. The molecule has 4 rings (SSSR count). The molecular formula is C20H16F3N5O2. The zero-order valence-electron chi connectivity index (χ0n) is 15.4. The van der Waals surface area contributed by atoms with E-state index < -0.39 is 12.1 Å². The molecule has 0 aliphatic heterocycles. The Bertz CT molecular complexity index is 1170. The van der Waals surface area contributed by atoms with Gasteiger partial charge in [-0.1, -0.05) is 35.5 Å². The fraction of sp³-hybridized carbons (Fsp3) is 0.100. The number of nitrogens with zero attached hydrogens (tertiary/aromatic N) is 4. The van der Waals surface area contributed by atoms with Crippen LogP contribution in [0.25, 0.3) is 27.8 Å². The average molecular weight is 415 g/mol. The van der Waals surface area contributed by atoms with Crippen LogP contribution in [0.15, 0.2) is 67.0 Å². The van der Waals surface area contributed by atoms with E-state index in [-0.39, 0.29) is 0 Å². The van der Waals surface area contributed by atoms with E-state index in [1.54, 1.807) is 10.9 Å². The lowest BCUT2D eigenvalue weighted by molar-refractivity contribution is -0.192. The summed E-state index contributed by atoms with van der Waals surface area (Å²) in [4.78, 5) is 13.2. The number of pyridine rings is 1. The van der Waals surface area contributed by atoms with Crippen molar-refractivity contribution in [2.24, 2.45) is 5.73 Å². The highest BCUT2D eigenvalue weighted by molar-refractivity contribution is 5.83. The average Bonchev–Trinajstić information content (AvgIpc) is 3.23. The minimum atomic E-state index is -5.08. The molecule has 0 amide bonds. The molecule has 0 saturated heterocycles. The molecule has 0 fully saturated rings. The van der Waals surface area contributed by atoms with Crippen molar-refractivity contribution in [2.75, 3.05) is 0 Å². The van der Waals surface area contributed by atoms with Crippen molar-refractivity contribution in [3.05, 3.63) is 72.6 Å². The Kier molecular flexibility index (Phi) is 6.07. The summed E-state index contributed by atoms with van der Waals surface area (Å²) in [6.45, 7) is 0.465. The minimum absolute atomic E-state index is 0.465. The summed E-state index contributed by atoms with van der Waals surface area (Å²) in [7, 11) is 0. The molecule has 2 heterocycles. The number of alkyl halides is 3. The lowest BCUT2D eigenvalue weighted by Gasteiger charge is -2.05. The maximum absolute atomic E-state index is 10.6. The molecule has 154 valence electrons. The van der Waals surface area contributed by atoms with Gasteiger partial charge in [-0.15, -0.1) is 5.10 Å². The minimum Gasteiger partial charge on any atom is -0.475 e. The lowest BCUT2D eigenvalue weighted by Crippen LogP contribution is -2.21. The van der Waals surface area contributed by atoms with Crippen LogP contribution in [-0.4, -0.2) is 37.2 Å². The van der Waals surface area contributed by atoms with Crippen molar-refractivity contribution in [3.8, 4) is 16.9 Å². The molecule has 0 atom stereocenters. The van der Waals surface area contributed by atoms with Crippen molar-refractivity contribution >= 4 is 16.9 Å². The summed E-state index contributed by atoms with van der Waals surface area (Å²) in [6, 6.07) is 18.0. The molecule has 0 aliphatic rings. The maximum atomic E-state index is 10.6. The van der Waals surface area contributed by atoms with E-state index in [2.05, 4.69) is 21.4 Å².